The maximum Gasteiger partial charge on any atom is 0.334 e. The standard InChI is InChI=1S/C15H20O3/c1-8-4-10(16)6-15(3)7-13-11(5-12(8)15)9(2)14(17)18-13/h4,10-13,16H,2,5-7H2,1,3H3/t10-,11+,12-,13+,15+/m0/s1. The minimum Gasteiger partial charge on any atom is -0.458 e. The molecule has 5 atom stereocenters. The molecule has 1 saturated carbocycles. The van der Waals surface area contributed by atoms with Gasteiger partial charge in [0.15, 0.2) is 0 Å². The summed E-state index contributed by atoms with van der Waals surface area (Å²) in [5.74, 6) is 0.386. The van der Waals surface area contributed by atoms with Crippen LogP contribution in [0.3, 0.4) is 0 Å². The number of carbonyl (C=O) groups is 1. The normalized spacial score (nSPS) is 47.2. The second kappa shape index (κ2) is 3.70. The maximum atomic E-state index is 11.6. The predicted molar refractivity (Wildman–Crippen MR) is 67.7 cm³/mol. The van der Waals surface area contributed by atoms with Gasteiger partial charge >= 0.3 is 5.97 Å². The van der Waals surface area contributed by atoms with Crippen LogP contribution in [0.25, 0.3) is 0 Å². The minimum atomic E-state index is -0.358. The van der Waals surface area contributed by atoms with Gasteiger partial charge in [0.1, 0.15) is 6.10 Å². The van der Waals surface area contributed by atoms with Crippen LogP contribution in [0.1, 0.15) is 33.1 Å². The van der Waals surface area contributed by atoms with Gasteiger partial charge in [0.05, 0.1) is 6.10 Å². The van der Waals surface area contributed by atoms with E-state index in [9.17, 15) is 9.90 Å². The van der Waals surface area contributed by atoms with Crippen LogP contribution in [0.4, 0.5) is 0 Å². The predicted octanol–water partition coefficient (Wildman–Crippen LogP) is 2.21. The molecular formula is C15H20O3. The Morgan fingerprint density at radius 3 is 2.94 bits per heavy atom. The summed E-state index contributed by atoms with van der Waals surface area (Å²) in [6.45, 7) is 8.18. The summed E-state index contributed by atoms with van der Waals surface area (Å²) >= 11 is 0. The number of carbonyl (C=O) groups excluding carboxylic acids is 1. The van der Waals surface area contributed by atoms with Crippen LogP contribution >= 0.6 is 0 Å². The molecule has 2 aliphatic carbocycles. The van der Waals surface area contributed by atoms with Crippen LogP contribution < -0.4 is 0 Å². The van der Waals surface area contributed by atoms with E-state index in [1.807, 2.05) is 6.08 Å². The largest absolute Gasteiger partial charge is 0.458 e. The van der Waals surface area contributed by atoms with Crippen molar-refractivity contribution in [2.24, 2.45) is 17.3 Å². The van der Waals surface area contributed by atoms with Crippen molar-refractivity contribution in [3.8, 4) is 0 Å². The van der Waals surface area contributed by atoms with Gasteiger partial charge in [0.25, 0.3) is 0 Å². The van der Waals surface area contributed by atoms with E-state index in [1.165, 1.54) is 5.57 Å². The molecule has 98 valence electrons. The van der Waals surface area contributed by atoms with Crippen LogP contribution in [0, 0.1) is 17.3 Å². The fourth-order valence-electron chi connectivity index (χ4n) is 4.21. The van der Waals surface area contributed by atoms with Gasteiger partial charge in [-0.1, -0.05) is 25.2 Å². The van der Waals surface area contributed by atoms with Gasteiger partial charge < -0.3 is 9.84 Å². The highest BCUT2D eigenvalue weighted by Crippen LogP contribution is 2.55. The molecule has 3 aliphatic rings. The van der Waals surface area contributed by atoms with E-state index < -0.39 is 0 Å². The summed E-state index contributed by atoms with van der Waals surface area (Å²) in [7, 11) is 0. The van der Waals surface area contributed by atoms with Gasteiger partial charge in [-0.2, -0.15) is 0 Å². The Labute approximate surface area is 108 Å². The number of hydrogen-bond acceptors (Lipinski definition) is 3. The van der Waals surface area contributed by atoms with Crippen LogP contribution in [0.15, 0.2) is 23.8 Å². The summed E-state index contributed by atoms with van der Waals surface area (Å²) in [5.41, 5.74) is 1.94. The molecule has 0 unspecified atom stereocenters. The zero-order chi connectivity index (χ0) is 13.1. The lowest BCUT2D eigenvalue weighted by Gasteiger charge is -2.49. The lowest BCUT2D eigenvalue weighted by Crippen LogP contribution is -2.45. The van der Waals surface area contributed by atoms with Crippen molar-refractivity contribution < 1.29 is 14.6 Å². The average Bonchev–Trinajstić information content (AvgIpc) is 2.50. The topological polar surface area (TPSA) is 46.5 Å². The van der Waals surface area contributed by atoms with E-state index in [0.717, 1.165) is 19.3 Å². The molecule has 1 saturated heterocycles. The molecule has 0 aromatic rings. The summed E-state index contributed by atoms with van der Waals surface area (Å²) in [5, 5.41) is 9.93. The van der Waals surface area contributed by atoms with E-state index in [4.69, 9.17) is 4.74 Å². The highest BCUT2D eigenvalue weighted by Gasteiger charge is 2.53. The van der Waals surface area contributed by atoms with E-state index in [2.05, 4.69) is 20.4 Å². The molecule has 0 radical (unpaired) electrons. The third-order valence-corrected chi connectivity index (χ3v) is 5.10. The van der Waals surface area contributed by atoms with Crippen LogP contribution in [0.2, 0.25) is 0 Å². The zero-order valence-corrected chi connectivity index (χ0v) is 11.0. The fraction of sp³-hybridized carbons (Fsp3) is 0.667. The quantitative estimate of drug-likeness (QED) is 0.406. The van der Waals surface area contributed by atoms with Crippen molar-refractivity contribution in [2.75, 3.05) is 0 Å². The van der Waals surface area contributed by atoms with Gasteiger partial charge in [-0.15, -0.1) is 0 Å². The number of hydrogen-bond donors (Lipinski definition) is 1. The first-order valence-corrected chi connectivity index (χ1v) is 6.67. The maximum absolute atomic E-state index is 11.6. The number of allylic oxidation sites excluding steroid dienone is 1. The Morgan fingerprint density at radius 2 is 2.22 bits per heavy atom. The van der Waals surface area contributed by atoms with E-state index in [1.54, 1.807) is 0 Å². The number of rotatable bonds is 0. The van der Waals surface area contributed by atoms with Gasteiger partial charge in [0.2, 0.25) is 0 Å². The molecule has 0 aromatic heterocycles. The zero-order valence-electron chi connectivity index (χ0n) is 11.0. The van der Waals surface area contributed by atoms with Gasteiger partial charge in [0, 0.05) is 11.5 Å². The highest BCUT2D eigenvalue weighted by atomic mass is 16.6. The van der Waals surface area contributed by atoms with Crippen molar-refractivity contribution in [3.63, 3.8) is 0 Å². The molecule has 0 aromatic carbocycles. The SMILES string of the molecule is C=C1C(=O)O[C@@H]2C[C@@]3(C)C[C@@H](O)C=C(C)[C@@H]3C[C@H]12. The Hall–Kier alpha value is -1.09. The van der Waals surface area contributed by atoms with Crippen molar-refractivity contribution in [1.82, 2.24) is 0 Å². The van der Waals surface area contributed by atoms with Crippen molar-refractivity contribution in [3.05, 3.63) is 23.8 Å². The van der Waals surface area contributed by atoms with E-state index >= 15 is 0 Å². The van der Waals surface area contributed by atoms with Gasteiger partial charge in [-0.05, 0) is 37.5 Å². The van der Waals surface area contributed by atoms with Crippen LogP contribution in [0.5, 0.6) is 0 Å². The third kappa shape index (κ3) is 1.57. The Bertz CT molecular complexity index is 451. The van der Waals surface area contributed by atoms with Crippen molar-refractivity contribution in [1.29, 1.82) is 0 Å². The summed E-state index contributed by atoms with van der Waals surface area (Å²) in [4.78, 5) is 11.6. The fourth-order valence-corrected chi connectivity index (χ4v) is 4.21. The van der Waals surface area contributed by atoms with Gasteiger partial charge in [-0.25, -0.2) is 4.79 Å². The number of aliphatic hydroxyl groups is 1. The number of fused-ring (bicyclic) bond motifs is 2. The molecule has 1 heterocycles. The van der Waals surface area contributed by atoms with Crippen molar-refractivity contribution >= 4 is 5.97 Å². The number of aliphatic hydroxyl groups excluding tert-OH is 1. The Morgan fingerprint density at radius 1 is 1.50 bits per heavy atom. The molecule has 3 heteroatoms. The summed E-state index contributed by atoms with van der Waals surface area (Å²) in [6.07, 6.45) is 4.12. The first-order chi connectivity index (χ1) is 8.40. The molecule has 3 nitrogen and oxygen atoms in total. The van der Waals surface area contributed by atoms with Gasteiger partial charge in [-0.3, -0.25) is 0 Å². The average molecular weight is 248 g/mol. The Balaban J connectivity index is 1.94. The molecule has 2 fully saturated rings. The van der Waals surface area contributed by atoms with E-state index in [-0.39, 0.29) is 29.5 Å². The van der Waals surface area contributed by atoms with E-state index in [0.29, 0.717) is 11.5 Å². The highest BCUT2D eigenvalue weighted by molar-refractivity contribution is 5.90. The van der Waals surface area contributed by atoms with Crippen molar-refractivity contribution in [2.45, 2.75) is 45.3 Å². The molecular weight excluding hydrogens is 228 g/mol. The van der Waals surface area contributed by atoms with Crippen LogP contribution in [-0.2, 0) is 9.53 Å². The minimum absolute atomic E-state index is 0.0238. The number of esters is 1. The first kappa shape index (κ1) is 12.0. The first-order valence-electron chi connectivity index (χ1n) is 6.67. The third-order valence-electron chi connectivity index (χ3n) is 5.10. The second-order valence-corrected chi connectivity index (χ2v) is 6.40. The molecule has 0 bridgehead atoms. The molecule has 1 aliphatic heterocycles. The monoisotopic (exact) mass is 248 g/mol. The molecule has 1 N–H and O–H groups in total. The summed E-state index contributed by atoms with van der Waals surface area (Å²) in [6, 6.07) is 0. The summed E-state index contributed by atoms with van der Waals surface area (Å²) < 4.78 is 5.42. The lowest BCUT2D eigenvalue weighted by atomic mass is 9.56. The molecule has 3 rings (SSSR count). The number of ether oxygens (including phenoxy) is 1. The molecule has 0 spiro atoms. The molecule has 18 heavy (non-hydrogen) atoms. The lowest BCUT2D eigenvalue weighted by molar-refractivity contribution is -0.142. The smallest absolute Gasteiger partial charge is 0.334 e. The van der Waals surface area contributed by atoms with Crippen LogP contribution in [-0.4, -0.2) is 23.3 Å². The second-order valence-electron chi connectivity index (χ2n) is 6.40. The molecule has 0 amide bonds. The Kier molecular flexibility index (Phi) is 2.46.